The van der Waals surface area contributed by atoms with Crippen molar-refractivity contribution in [2.24, 2.45) is 11.5 Å². The summed E-state index contributed by atoms with van der Waals surface area (Å²) >= 11 is 3.33. The molecule has 0 radical (unpaired) electrons. The first kappa shape index (κ1) is 23.6. The highest BCUT2D eigenvalue weighted by Crippen LogP contribution is 2.11. The van der Waals surface area contributed by atoms with E-state index in [1.807, 2.05) is 30.3 Å². The summed E-state index contributed by atoms with van der Waals surface area (Å²) in [4.78, 5) is 37.4. The van der Waals surface area contributed by atoms with Gasteiger partial charge < -0.3 is 22.1 Å². The Morgan fingerprint density at radius 1 is 0.900 bits per heavy atom. The predicted molar refractivity (Wildman–Crippen MR) is 120 cm³/mol. The summed E-state index contributed by atoms with van der Waals surface area (Å²) < 4.78 is 0.847. The van der Waals surface area contributed by atoms with Crippen molar-refractivity contribution in [2.75, 3.05) is 6.54 Å². The molecule has 0 saturated heterocycles. The largest absolute Gasteiger partial charge is 0.368 e. The Bertz CT molecular complexity index is 843. The molecule has 2 aromatic rings. The fourth-order valence-corrected chi connectivity index (χ4v) is 3.22. The summed E-state index contributed by atoms with van der Waals surface area (Å²) in [6.45, 7) is 0.499. The fraction of sp³-hybridized carbons (Fsp3) is 0.318. The van der Waals surface area contributed by atoms with Crippen molar-refractivity contribution < 1.29 is 14.4 Å². The Labute approximate surface area is 184 Å². The lowest BCUT2D eigenvalue weighted by atomic mass is 10.0. The average Bonchev–Trinajstić information content (AvgIpc) is 2.73. The Morgan fingerprint density at radius 3 is 2.17 bits per heavy atom. The molecule has 0 aliphatic heterocycles. The Hall–Kier alpha value is -2.71. The van der Waals surface area contributed by atoms with Gasteiger partial charge in [-0.05, 0) is 55.6 Å². The topological polar surface area (TPSA) is 127 Å². The number of nitrogens with one attached hydrogen (secondary N) is 2. The van der Waals surface area contributed by atoms with Crippen molar-refractivity contribution in [1.82, 2.24) is 10.6 Å². The van der Waals surface area contributed by atoms with Crippen LogP contribution in [-0.4, -0.2) is 36.3 Å². The first-order valence-corrected chi connectivity index (χ1v) is 10.6. The number of nitrogens with two attached hydrogens (primary N) is 2. The summed E-state index contributed by atoms with van der Waals surface area (Å²) in [7, 11) is 0. The summed E-state index contributed by atoms with van der Waals surface area (Å²) in [6, 6.07) is 14.5. The van der Waals surface area contributed by atoms with Crippen LogP contribution in [-0.2, 0) is 16.0 Å². The number of carbonyl (C=O) groups excluding carboxylic acids is 3. The zero-order valence-electron chi connectivity index (χ0n) is 16.6. The molecule has 0 bridgehead atoms. The van der Waals surface area contributed by atoms with E-state index in [-0.39, 0.29) is 12.3 Å². The van der Waals surface area contributed by atoms with Crippen molar-refractivity contribution in [3.8, 4) is 0 Å². The average molecular weight is 475 g/mol. The summed E-state index contributed by atoms with van der Waals surface area (Å²) in [6.07, 6.45) is 2.08. The van der Waals surface area contributed by atoms with E-state index in [0.717, 1.165) is 16.5 Å². The van der Waals surface area contributed by atoms with E-state index in [1.54, 1.807) is 24.3 Å². The van der Waals surface area contributed by atoms with Gasteiger partial charge in [-0.1, -0.05) is 46.3 Å². The van der Waals surface area contributed by atoms with Crippen LogP contribution < -0.4 is 22.1 Å². The molecule has 3 amide bonds. The van der Waals surface area contributed by atoms with Gasteiger partial charge >= 0.3 is 0 Å². The van der Waals surface area contributed by atoms with Crippen LogP contribution in [0.3, 0.4) is 0 Å². The number of halogens is 1. The van der Waals surface area contributed by atoms with Gasteiger partial charge in [-0.15, -0.1) is 0 Å². The quantitative estimate of drug-likeness (QED) is 0.370. The normalized spacial score (nSPS) is 12.6. The predicted octanol–water partition coefficient (Wildman–Crippen LogP) is 1.89. The number of benzene rings is 2. The minimum Gasteiger partial charge on any atom is -0.368 e. The van der Waals surface area contributed by atoms with Crippen LogP contribution in [0.1, 0.15) is 35.2 Å². The van der Waals surface area contributed by atoms with Crippen LogP contribution in [0.25, 0.3) is 0 Å². The molecule has 0 fully saturated rings. The zero-order valence-corrected chi connectivity index (χ0v) is 18.2. The molecule has 2 aromatic carbocycles. The van der Waals surface area contributed by atoms with Gasteiger partial charge in [0.15, 0.2) is 0 Å². The third kappa shape index (κ3) is 7.61. The van der Waals surface area contributed by atoms with Crippen LogP contribution >= 0.6 is 15.9 Å². The highest BCUT2D eigenvalue weighted by molar-refractivity contribution is 9.10. The molecule has 0 aromatic heterocycles. The zero-order chi connectivity index (χ0) is 21.9. The maximum Gasteiger partial charge on any atom is 0.251 e. The van der Waals surface area contributed by atoms with Gasteiger partial charge in [-0.25, -0.2) is 0 Å². The van der Waals surface area contributed by atoms with Crippen molar-refractivity contribution in [1.29, 1.82) is 0 Å². The van der Waals surface area contributed by atoms with Crippen LogP contribution in [0.5, 0.6) is 0 Å². The summed E-state index contributed by atoms with van der Waals surface area (Å²) in [5.74, 6) is -1.45. The molecule has 8 heteroatoms. The van der Waals surface area contributed by atoms with Crippen LogP contribution in [0, 0.1) is 0 Å². The van der Waals surface area contributed by atoms with Gasteiger partial charge in [-0.2, -0.15) is 0 Å². The lowest BCUT2D eigenvalue weighted by molar-refractivity contribution is -0.128. The molecule has 160 valence electrons. The fourth-order valence-electron chi connectivity index (χ4n) is 2.95. The van der Waals surface area contributed by atoms with E-state index < -0.39 is 23.9 Å². The molecular weight excluding hydrogens is 448 g/mol. The van der Waals surface area contributed by atoms with Crippen molar-refractivity contribution in [3.63, 3.8) is 0 Å². The van der Waals surface area contributed by atoms with E-state index in [0.29, 0.717) is 24.9 Å². The second-order valence-corrected chi connectivity index (χ2v) is 7.89. The van der Waals surface area contributed by atoms with Crippen LogP contribution in [0.4, 0.5) is 0 Å². The number of rotatable bonds is 11. The molecule has 7 nitrogen and oxygen atoms in total. The smallest absolute Gasteiger partial charge is 0.251 e. The first-order chi connectivity index (χ1) is 14.4. The number of carbonyl (C=O) groups is 3. The molecule has 2 rings (SSSR count). The number of hydrogen-bond acceptors (Lipinski definition) is 4. The first-order valence-electron chi connectivity index (χ1n) is 9.81. The third-order valence-electron chi connectivity index (χ3n) is 4.62. The molecule has 30 heavy (non-hydrogen) atoms. The van der Waals surface area contributed by atoms with Gasteiger partial charge in [0.05, 0.1) is 0 Å². The van der Waals surface area contributed by atoms with Crippen molar-refractivity contribution in [3.05, 3.63) is 70.2 Å². The molecule has 0 heterocycles. The molecule has 0 aliphatic carbocycles. The van der Waals surface area contributed by atoms with Gasteiger partial charge in [0.2, 0.25) is 11.8 Å². The number of hydrogen-bond donors (Lipinski definition) is 4. The van der Waals surface area contributed by atoms with Crippen LogP contribution in [0.2, 0.25) is 0 Å². The standard InChI is InChI=1S/C22H27BrN4O3/c23-17-11-9-16(10-12-17)21(29)27-19(14-15-6-2-1-3-7-15)22(30)26-18(20(25)28)8-4-5-13-24/h1-3,6-7,9-12,18-19H,4-5,8,13-14,24H2,(H2,25,28)(H,26,30)(H,27,29)/t18-,19-/m0/s1. The summed E-state index contributed by atoms with van der Waals surface area (Å²) in [5, 5.41) is 5.46. The highest BCUT2D eigenvalue weighted by atomic mass is 79.9. The highest BCUT2D eigenvalue weighted by Gasteiger charge is 2.26. The van der Waals surface area contributed by atoms with E-state index in [4.69, 9.17) is 11.5 Å². The Kier molecular flexibility index (Phi) is 9.50. The monoisotopic (exact) mass is 474 g/mol. The molecule has 0 saturated carbocycles. The Morgan fingerprint density at radius 2 is 1.57 bits per heavy atom. The molecule has 2 atom stereocenters. The van der Waals surface area contributed by atoms with Gasteiger partial charge in [0.25, 0.3) is 5.91 Å². The van der Waals surface area contributed by atoms with Gasteiger partial charge in [0.1, 0.15) is 12.1 Å². The molecule has 0 unspecified atom stereocenters. The van der Waals surface area contributed by atoms with E-state index in [1.165, 1.54) is 0 Å². The number of amides is 3. The SMILES string of the molecule is NCCCC[C@H](NC(=O)[C@H](Cc1ccccc1)NC(=O)c1ccc(Br)cc1)C(N)=O. The Balaban J connectivity index is 2.14. The van der Waals surface area contributed by atoms with E-state index in [9.17, 15) is 14.4 Å². The second-order valence-electron chi connectivity index (χ2n) is 6.97. The van der Waals surface area contributed by atoms with Crippen LogP contribution in [0.15, 0.2) is 59.1 Å². The minimum absolute atomic E-state index is 0.281. The summed E-state index contributed by atoms with van der Waals surface area (Å²) in [5.41, 5.74) is 12.3. The van der Waals surface area contributed by atoms with Gasteiger partial charge in [0, 0.05) is 16.5 Å². The van der Waals surface area contributed by atoms with E-state index in [2.05, 4.69) is 26.6 Å². The van der Waals surface area contributed by atoms with Crippen molar-refractivity contribution in [2.45, 2.75) is 37.8 Å². The van der Waals surface area contributed by atoms with Crippen molar-refractivity contribution >= 4 is 33.7 Å². The molecule has 0 aliphatic rings. The molecule has 6 N–H and O–H groups in total. The third-order valence-corrected chi connectivity index (χ3v) is 5.15. The molecular formula is C22H27BrN4O3. The van der Waals surface area contributed by atoms with E-state index >= 15 is 0 Å². The number of primary amides is 1. The maximum absolute atomic E-state index is 13.0. The van der Waals surface area contributed by atoms with Gasteiger partial charge in [-0.3, -0.25) is 14.4 Å². The molecule has 0 spiro atoms. The lowest BCUT2D eigenvalue weighted by Gasteiger charge is -2.22. The maximum atomic E-state index is 13.0. The lowest BCUT2D eigenvalue weighted by Crippen LogP contribution is -2.53. The minimum atomic E-state index is -0.861. The second kappa shape index (κ2) is 12.1. The number of unbranched alkanes of at least 4 members (excludes halogenated alkanes) is 1.